The standard InChI is InChI=1S/C23H19ClF3N5O3S2/c1-13-8-14(4-6-16(13)24)17-10-18(23(25,26)27)32-19(29-17)9-15(30-32)5-7-20-28-11-21(36-20)37(34,35)31-22(2,3)12-33/h4,6,8-11,31,33H,12H2,1-3H3. The number of thiazole rings is 1. The Morgan fingerprint density at radius 2 is 1.92 bits per heavy atom. The maximum Gasteiger partial charge on any atom is 0.433 e. The van der Waals surface area contributed by atoms with Crippen molar-refractivity contribution in [2.24, 2.45) is 0 Å². The number of aryl methyl sites for hydroxylation is 1. The van der Waals surface area contributed by atoms with E-state index in [0.29, 0.717) is 20.7 Å². The fourth-order valence-corrected chi connectivity index (χ4v) is 5.70. The molecule has 0 saturated heterocycles. The molecule has 0 bridgehead atoms. The molecular formula is C23H19ClF3N5O3S2. The lowest BCUT2D eigenvalue weighted by Crippen LogP contribution is -2.45. The highest BCUT2D eigenvalue weighted by Gasteiger charge is 2.35. The van der Waals surface area contributed by atoms with Gasteiger partial charge in [-0.15, -0.1) is 0 Å². The Morgan fingerprint density at radius 3 is 2.57 bits per heavy atom. The molecule has 0 amide bonds. The number of hydrogen-bond donors (Lipinski definition) is 2. The number of aliphatic hydroxyl groups excluding tert-OH is 1. The first-order valence-electron chi connectivity index (χ1n) is 10.6. The van der Waals surface area contributed by atoms with Crippen molar-refractivity contribution in [3.63, 3.8) is 0 Å². The van der Waals surface area contributed by atoms with Crippen molar-refractivity contribution in [1.82, 2.24) is 24.3 Å². The van der Waals surface area contributed by atoms with Crippen molar-refractivity contribution in [3.05, 3.63) is 63.5 Å². The highest BCUT2D eigenvalue weighted by atomic mass is 35.5. The molecule has 0 aliphatic rings. The Hall–Kier alpha value is -3.02. The van der Waals surface area contributed by atoms with Gasteiger partial charge in [0.15, 0.2) is 20.6 Å². The number of sulfonamides is 1. The summed E-state index contributed by atoms with van der Waals surface area (Å²) in [4.78, 5) is 8.27. The number of aliphatic hydroxyl groups is 1. The summed E-state index contributed by atoms with van der Waals surface area (Å²) in [7, 11) is -3.96. The number of fused-ring (bicyclic) bond motifs is 1. The van der Waals surface area contributed by atoms with Crippen LogP contribution < -0.4 is 4.72 Å². The molecule has 0 atom stereocenters. The zero-order chi connectivity index (χ0) is 27.2. The van der Waals surface area contributed by atoms with E-state index in [1.54, 1.807) is 25.1 Å². The zero-order valence-corrected chi connectivity index (χ0v) is 21.9. The minimum atomic E-state index is -4.72. The van der Waals surface area contributed by atoms with Crippen LogP contribution in [-0.4, -0.2) is 45.3 Å². The predicted octanol–water partition coefficient (Wildman–Crippen LogP) is 4.28. The number of halogens is 4. The molecule has 0 saturated carbocycles. The lowest BCUT2D eigenvalue weighted by molar-refractivity contribution is -0.142. The molecule has 8 nitrogen and oxygen atoms in total. The number of nitrogens with one attached hydrogen (secondary N) is 1. The molecule has 3 aromatic heterocycles. The summed E-state index contributed by atoms with van der Waals surface area (Å²) >= 11 is 6.80. The molecule has 0 aliphatic carbocycles. The summed E-state index contributed by atoms with van der Waals surface area (Å²) in [6.07, 6.45) is -3.61. The number of alkyl halides is 3. The van der Waals surface area contributed by atoms with Gasteiger partial charge in [0.1, 0.15) is 5.69 Å². The molecule has 0 radical (unpaired) electrons. The van der Waals surface area contributed by atoms with E-state index in [1.807, 2.05) is 0 Å². The molecule has 194 valence electrons. The van der Waals surface area contributed by atoms with Crippen molar-refractivity contribution in [3.8, 4) is 23.1 Å². The smallest absolute Gasteiger partial charge is 0.394 e. The fraction of sp³-hybridized carbons (Fsp3) is 0.261. The summed E-state index contributed by atoms with van der Waals surface area (Å²) in [5.74, 6) is 5.24. The third-order valence-corrected chi connectivity index (χ3v) is 8.52. The SMILES string of the molecule is Cc1cc(-c2cc(C(F)(F)F)n3nc(C#Cc4ncc(S(=O)(=O)NC(C)(C)CO)s4)cc3n2)ccc1Cl. The van der Waals surface area contributed by atoms with Crippen molar-refractivity contribution in [2.45, 2.75) is 36.7 Å². The van der Waals surface area contributed by atoms with E-state index in [9.17, 15) is 26.7 Å². The van der Waals surface area contributed by atoms with Gasteiger partial charge in [-0.25, -0.2) is 27.6 Å². The number of benzene rings is 1. The van der Waals surface area contributed by atoms with Crippen LogP contribution in [0.3, 0.4) is 0 Å². The molecule has 3 heterocycles. The van der Waals surface area contributed by atoms with Gasteiger partial charge in [-0.2, -0.15) is 18.3 Å². The highest BCUT2D eigenvalue weighted by Crippen LogP contribution is 2.33. The van der Waals surface area contributed by atoms with Crippen LogP contribution in [0.4, 0.5) is 13.2 Å². The summed E-state index contributed by atoms with van der Waals surface area (Å²) in [6.45, 7) is 4.34. The molecule has 14 heteroatoms. The molecule has 2 N–H and O–H groups in total. The van der Waals surface area contributed by atoms with Gasteiger partial charge in [0.2, 0.25) is 0 Å². The summed E-state index contributed by atoms with van der Waals surface area (Å²) in [5, 5.41) is 13.8. The van der Waals surface area contributed by atoms with Crippen molar-refractivity contribution in [1.29, 1.82) is 0 Å². The average molecular weight is 570 g/mol. The first-order chi connectivity index (χ1) is 17.2. The van der Waals surface area contributed by atoms with E-state index >= 15 is 0 Å². The van der Waals surface area contributed by atoms with Crippen molar-refractivity contribution >= 4 is 38.6 Å². The normalized spacial score (nSPS) is 12.5. The monoisotopic (exact) mass is 569 g/mol. The van der Waals surface area contributed by atoms with E-state index in [1.165, 1.54) is 19.9 Å². The fourth-order valence-electron chi connectivity index (χ4n) is 3.19. The Balaban J connectivity index is 1.71. The quantitative estimate of drug-likeness (QED) is 0.347. The third kappa shape index (κ3) is 5.94. The molecule has 1 aromatic carbocycles. The van der Waals surface area contributed by atoms with E-state index in [2.05, 4.69) is 31.6 Å². The second-order valence-corrected chi connectivity index (χ2v) is 12.0. The Bertz CT molecular complexity index is 1670. The van der Waals surface area contributed by atoms with Crippen LogP contribution in [0, 0.1) is 18.8 Å². The first-order valence-corrected chi connectivity index (χ1v) is 13.2. The van der Waals surface area contributed by atoms with Crippen molar-refractivity contribution in [2.75, 3.05) is 6.61 Å². The van der Waals surface area contributed by atoms with Crippen LogP contribution in [-0.2, 0) is 16.2 Å². The van der Waals surface area contributed by atoms with Crippen LogP contribution >= 0.6 is 22.9 Å². The molecular weight excluding hydrogens is 551 g/mol. The maximum absolute atomic E-state index is 13.8. The van der Waals surface area contributed by atoms with Crippen LogP contribution in [0.25, 0.3) is 16.9 Å². The number of hydrogen-bond acceptors (Lipinski definition) is 7. The van der Waals surface area contributed by atoms with Crippen LogP contribution in [0.5, 0.6) is 0 Å². The minimum Gasteiger partial charge on any atom is -0.394 e. The molecule has 0 spiro atoms. The van der Waals surface area contributed by atoms with Gasteiger partial charge >= 0.3 is 6.18 Å². The summed E-state index contributed by atoms with van der Waals surface area (Å²) in [6, 6.07) is 7.00. The topological polar surface area (TPSA) is 109 Å². The minimum absolute atomic E-state index is 0.0124. The van der Waals surface area contributed by atoms with Gasteiger partial charge in [-0.05, 0) is 56.4 Å². The van der Waals surface area contributed by atoms with Gasteiger partial charge in [0.25, 0.3) is 10.0 Å². The maximum atomic E-state index is 13.8. The van der Waals surface area contributed by atoms with Crippen LogP contribution in [0.2, 0.25) is 5.02 Å². The summed E-state index contributed by atoms with van der Waals surface area (Å²) in [5.41, 5.74) is -0.966. The van der Waals surface area contributed by atoms with Gasteiger partial charge in [-0.3, -0.25) is 0 Å². The van der Waals surface area contributed by atoms with E-state index < -0.39 is 34.0 Å². The molecule has 0 fully saturated rings. The lowest BCUT2D eigenvalue weighted by Gasteiger charge is -2.22. The zero-order valence-electron chi connectivity index (χ0n) is 19.6. The molecule has 4 rings (SSSR count). The molecule has 0 unspecified atom stereocenters. The van der Waals surface area contributed by atoms with E-state index in [0.717, 1.165) is 23.6 Å². The van der Waals surface area contributed by atoms with Crippen molar-refractivity contribution < 1.29 is 26.7 Å². The first kappa shape index (κ1) is 27.0. The van der Waals surface area contributed by atoms with E-state index in [-0.39, 0.29) is 26.3 Å². The van der Waals surface area contributed by atoms with Gasteiger partial charge in [0.05, 0.1) is 24.0 Å². The Kier molecular flexibility index (Phi) is 7.08. The highest BCUT2D eigenvalue weighted by molar-refractivity contribution is 7.91. The van der Waals surface area contributed by atoms with Gasteiger partial charge in [-0.1, -0.05) is 29.0 Å². The van der Waals surface area contributed by atoms with Gasteiger partial charge < -0.3 is 5.11 Å². The van der Waals surface area contributed by atoms with Crippen LogP contribution in [0.15, 0.2) is 40.7 Å². The largest absolute Gasteiger partial charge is 0.433 e. The number of aromatic nitrogens is 4. The molecule has 4 aromatic rings. The average Bonchev–Trinajstić information content (AvgIpc) is 3.44. The summed E-state index contributed by atoms with van der Waals surface area (Å²) < 4.78 is 69.4. The lowest BCUT2D eigenvalue weighted by atomic mass is 10.1. The third-order valence-electron chi connectivity index (χ3n) is 5.02. The predicted molar refractivity (Wildman–Crippen MR) is 133 cm³/mol. The number of rotatable bonds is 5. The van der Waals surface area contributed by atoms with Gasteiger partial charge in [0, 0.05) is 16.7 Å². The second kappa shape index (κ2) is 9.70. The second-order valence-electron chi connectivity index (χ2n) is 8.67. The van der Waals surface area contributed by atoms with Crippen LogP contribution in [0.1, 0.15) is 35.8 Å². The number of nitrogens with zero attached hydrogens (tertiary/aromatic N) is 4. The Morgan fingerprint density at radius 1 is 1.19 bits per heavy atom. The Labute approximate surface area is 219 Å². The van der Waals surface area contributed by atoms with E-state index in [4.69, 9.17) is 11.6 Å². The molecule has 37 heavy (non-hydrogen) atoms. The molecule has 0 aliphatic heterocycles.